The van der Waals surface area contributed by atoms with Gasteiger partial charge in [0.2, 0.25) is 0 Å². The van der Waals surface area contributed by atoms with Crippen molar-refractivity contribution in [2.45, 2.75) is 19.9 Å². The van der Waals surface area contributed by atoms with Crippen LogP contribution in [0.1, 0.15) is 31.0 Å². The molecule has 0 unspecified atom stereocenters. The molecule has 0 amide bonds. The fourth-order valence-corrected chi connectivity index (χ4v) is 6.41. The van der Waals surface area contributed by atoms with Crippen LogP contribution in [0, 0.1) is 0 Å². The zero-order chi connectivity index (χ0) is 27.0. The summed E-state index contributed by atoms with van der Waals surface area (Å²) in [4.78, 5) is 31.9. The van der Waals surface area contributed by atoms with Gasteiger partial charge in [0.15, 0.2) is 16.3 Å². The van der Waals surface area contributed by atoms with Crippen molar-refractivity contribution in [2.75, 3.05) is 20.8 Å². The highest BCUT2D eigenvalue weighted by Crippen LogP contribution is 2.41. The summed E-state index contributed by atoms with van der Waals surface area (Å²) in [5.41, 5.74) is 1.18. The van der Waals surface area contributed by atoms with Crippen LogP contribution in [0.25, 0.3) is 6.08 Å². The number of phenols is 1. The summed E-state index contributed by atoms with van der Waals surface area (Å²) < 4.78 is 19.2. The highest BCUT2D eigenvalue weighted by atomic mass is 79.9. The summed E-state index contributed by atoms with van der Waals surface area (Å²) in [6.45, 7) is 3.56. The van der Waals surface area contributed by atoms with Crippen molar-refractivity contribution in [1.29, 1.82) is 0 Å². The molecule has 0 spiro atoms. The summed E-state index contributed by atoms with van der Waals surface area (Å²) in [5, 5.41) is 10.6. The molecule has 1 aliphatic heterocycles. The maximum Gasteiger partial charge on any atom is 0.338 e. The molecule has 0 saturated heterocycles. The number of benzene rings is 2. The second kappa shape index (κ2) is 11.0. The number of esters is 1. The lowest BCUT2D eigenvalue weighted by molar-refractivity contribution is -0.139. The zero-order valence-electron chi connectivity index (χ0n) is 20.1. The van der Waals surface area contributed by atoms with Gasteiger partial charge in [0, 0.05) is 14.5 Å². The molecule has 12 heteroatoms. The van der Waals surface area contributed by atoms with Gasteiger partial charge in [0.05, 0.1) is 47.7 Å². The summed E-state index contributed by atoms with van der Waals surface area (Å²) in [5.74, 6) is 0.166. The number of methoxy groups -OCH3 is 2. The van der Waals surface area contributed by atoms with E-state index >= 15 is 0 Å². The molecule has 0 aliphatic carbocycles. The Bertz CT molecular complexity index is 1630. The number of nitrogens with zero attached hydrogens (tertiary/aromatic N) is 2. The number of halogens is 3. The minimum atomic E-state index is -0.869. The van der Waals surface area contributed by atoms with Crippen molar-refractivity contribution >= 4 is 66.8 Å². The molecule has 0 saturated carbocycles. The molecule has 4 rings (SSSR count). The minimum Gasteiger partial charge on any atom is -0.506 e. The minimum absolute atomic E-state index is 0.140. The Balaban J connectivity index is 2.04. The van der Waals surface area contributed by atoms with Gasteiger partial charge < -0.3 is 19.3 Å². The molecule has 2 heterocycles. The van der Waals surface area contributed by atoms with Crippen LogP contribution in [-0.4, -0.2) is 36.5 Å². The van der Waals surface area contributed by atoms with Gasteiger partial charge in [0.1, 0.15) is 5.75 Å². The predicted octanol–water partition coefficient (Wildman–Crippen LogP) is 4.70. The molecule has 2 aromatic carbocycles. The number of hydrogen-bond acceptors (Lipinski definition) is 8. The van der Waals surface area contributed by atoms with Crippen molar-refractivity contribution in [2.24, 2.45) is 4.99 Å². The van der Waals surface area contributed by atoms with Crippen LogP contribution in [0.15, 0.2) is 54.3 Å². The zero-order valence-corrected chi connectivity index (χ0v) is 24.8. The van der Waals surface area contributed by atoms with Crippen LogP contribution in [0.4, 0.5) is 0 Å². The van der Waals surface area contributed by atoms with E-state index in [1.807, 2.05) is 0 Å². The molecule has 0 radical (unpaired) electrons. The van der Waals surface area contributed by atoms with Crippen LogP contribution in [0.5, 0.6) is 17.2 Å². The lowest BCUT2D eigenvalue weighted by atomic mass is 9.95. The maximum absolute atomic E-state index is 13.8. The van der Waals surface area contributed by atoms with Gasteiger partial charge in [-0.2, -0.15) is 0 Å². The Morgan fingerprint density at radius 2 is 1.89 bits per heavy atom. The van der Waals surface area contributed by atoms with E-state index in [1.165, 1.54) is 18.8 Å². The molecule has 37 heavy (non-hydrogen) atoms. The first-order valence-corrected chi connectivity index (χ1v) is 13.7. The average Bonchev–Trinajstić information content (AvgIpc) is 3.15. The SMILES string of the molecule is CCOC(=O)C1=C(C)N=c2s/c(=C\c3cc(Br)cc(Cl)c3O)c(=O)n2[C@H]1c1cc(OC)c(OC)cc1Br. The van der Waals surface area contributed by atoms with Crippen molar-refractivity contribution < 1.29 is 24.1 Å². The summed E-state index contributed by atoms with van der Waals surface area (Å²) in [6, 6.07) is 5.76. The number of aromatic hydroxyl groups is 1. The van der Waals surface area contributed by atoms with Crippen LogP contribution in [0.2, 0.25) is 5.02 Å². The van der Waals surface area contributed by atoms with Crippen LogP contribution < -0.4 is 24.4 Å². The molecule has 8 nitrogen and oxygen atoms in total. The lowest BCUT2D eigenvalue weighted by Gasteiger charge is -2.26. The molecule has 1 aliphatic rings. The van der Waals surface area contributed by atoms with Crippen molar-refractivity contribution in [3.8, 4) is 17.2 Å². The topological polar surface area (TPSA) is 99.4 Å². The maximum atomic E-state index is 13.8. The number of hydrogen-bond donors (Lipinski definition) is 1. The van der Waals surface area contributed by atoms with Crippen LogP contribution in [0.3, 0.4) is 0 Å². The lowest BCUT2D eigenvalue weighted by Crippen LogP contribution is -2.40. The number of carbonyl (C=O) groups excluding carboxylic acids is 1. The van der Waals surface area contributed by atoms with Gasteiger partial charge in [-0.1, -0.05) is 54.8 Å². The van der Waals surface area contributed by atoms with Gasteiger partial charge in [0.25, 0.3) is 5.56 Å². The van der Waals surface area contributed by atoms with Crippen LogP contribution in [-0.2, 0) is 9.53 Å². The smallest absolute Gasteiger partial charge is 0.338 e. The van der Waals surface area contributed by atoms with E-state index in [2.05, 4.69) is 36.9 Å². The Labute approximate surface area is 237 Å². The first-order chi connectivity index (χ1) is 17.6. The Hall–Kier alpha value is -2.60. The summed E-state index contributed by atoms with van der Waals surface area (Å²) in [7, 11) is 3.02. The molecular formula is C25H21Br2ClN2O6S. The van der Waals surface area contributed by atoms with Gasteiger partial charge in [-0.15, -0.1) is 0 Å². The van der Waals surface area contributed by atoms with Crippen LogP contribution >= 0.6 is 54.8 Å². The molecule has 1 N–H and O–H groups in total. The van der Waals surface area contributed by atoms with Crippen molar-refractivity contribution in [1.82, 2.24) is 4.57 Å². The Kier molecular flexibility index (Phi) is 8.17. The summed E-state index contributed by atoms with van der Waals surface area (Å²) >= 11 is 14.2. The number of thiazole rings is 1. The number of phenolic OH excluding ortho intramolecular Hbond substituents is 1. The second-order valence-electron chi connectivity index (χ2n) is 7.86. The van der Waals surface area contributed by atoms with E-state index in [1.54, 1.807) is 44.2 Å². The number of fused-ring (bicyclic) bond motifs is 1. The molecule has 1 atom stereocenters. The highest BCUT2D eigenvalue weighted by Gasteiger charge is 2.35. The highest BCUT2D eigenvalue weighted by molar-refractivity contribution is 9.10. The standard InChI is InChI=1S/C25H21Br2ClN2O6S/c1-5-36-24(33)20-11(2)29-25-30(21(20)14-9-17(34-3)18(35-4)10-15(14)27)23(32)19(37-25)7-12-6-13(26)8-16(28)22(12)31/h6-10,21,31H,5H2,1-4H3/b19-7-/t21-/m0/s1. The number of allylic oxidation sites excluding steroid dienone is 1. The fourth-order valence-electron chi connectivity index (χ4n) is 4.00. The Morgan fingerprint density at radius 3 is 2.54 bits per heavy atom. The first-order valence-electron chi connectivity index (χ1n) is 10.9. The van der Waals surface area contributed by atoms with Gasteiger partial charge in [-0.3, -0.25) is 9.36 Å². The summed E-state index contributed by atoms with van der Waals surface area (Å²) in [6.07, 6.45) is 1.54. The van der Waals surface area contributed by atoms with E-state index in [9.17, 15) is 14.7 Å². The van der Waals surface area contributed by atoms with E-state index in [-0.39, 0.29) is 23.0 Å². The van der Waals surface area contributed by atoms with E-state index < -0.39 is 17.6 Å². The normalized spacial score (nSPS) is 15.3. The molecule has 0 fully saturated rings. The largest absolute Gasteiger partial charge is 0.506 e. The van der Waals surface area contributed by atoms with E-state index in [4.69, 9.17) is 25.8 Å². The predicted molar refractivity (Wildman–Crippen MR) is 148 cm³/mol. The molecule has 194 valence electrons. The monoisotopic (exact) mass is 670 g/mol. The van der Waals surface area contributed by atoms with Gasteiger partial charge in [-0.05, 0) is 49.8 Å². The molecule has 0 bridgehead atoms. The third kappa shape index (κ3) is 5.09. The van der Waals surface area contributed by atoms with Crippen molar-refractivity contribution in [3.63, 3.8) is 0 Å². The third-order valence-corrected chi connectivity index (χ3v) is 8.07. The number of rotatable bonds is 6. The molecular weight excluding hydrogens is 652 g/mol. The quantitative estimate of drug-likeness (QED) is 0.382. The average molecular weight is 673 g/mol. The Morgan fingerprint density at radius 1 is 1.22 bits per heavy atom. The van der Waals surface area contributed by atoms with Gasteiger partial charge >= 0.3 is 5.97 Å². The number of aromatic nitrogens is 1. The number of carbonyl (C=O) groups is 1. The van der Waals surface area contributed by atoms with E-state index in [0.717, 1.165) is 11.3 Å². The first kappa shape index (κ1) is 27.4. The number of ether oxygens (including phenoxy) is 3. The molecule has 3 aromatic rings. The van der Waals surface area contributed by atoms with Crippen molar-refractivity contribution in [3.05, 3.63) is 80.3 Å². The molecule has 1 aromatic heterocycles. The van der Waals surface area contributed by atoms with E-state index in [0.29, 0.717) is 46.6 Å². The third-order valence-electron chi connectivity index (χ3n) is 5.66. The second-order valence-corrected chi connectivity index (χ2v) is 11.0. The van der Waals surface area contributed by atoms with Gasteiger partial charge in [-0.25, -0.2) is 9.79 Å². The fraction of sp³-hybridized carbons (Fsp3) is 0.240.